The molecule has 3 aliphatic heterocycles. The Labute approximate surface area is 328 Å². The van der Waals surface area contributed by atoms with Crippen LogP contribution in [-0.2, 0) is 81.6 Å². The van der Waals surface area contributed by atoms with Crippen molar-refractivity contribution in [1.82, 2.24) is 5.32 Å². The van der Waals surface area contributed by atoms with Gasteiger partial charge in [0, 0.05) is 19.4 Å². The van der Waals surface area contributed by atoms with Crippen LogP contribution in [0.1, 0.15) is 48.8 Å². The molecule has 57 heavy (non-hydrogen) atoms. The number of hydrogen-bond acceptors (Lipinski definition) is 15. The molecule has 0 aromatic heterocycles. The zero-order valence-electron chi connectivity index (χ0n) is 31.0. The number of ether oxygens (including phenoxy) is 9. The van der Waals surface area contributed by atoms with Crippen LogP contribution in [0.25, 0.3) is 0 Å². The smallest absolute Gasteiger partial charge is 0.461 e. The van der Waals surface area contributed by atoms with Crippen LogP contribution < -0.4 is 5.32 Å². The lowest BCUT2D eigenvalue weighted by Gasteiger charge is -2.08. The second-order valence-electron chi connectivity index (χ2n) is 12.2. The second-order valence-corrected chi connectivity index (χ2v) is 12.2. The van der Waals surface area contributed by atoms with E-state index in [0.717, 1.165) is 29.5 Å². The Hall–Kier alpha value is -6.68. The zero-order valence-corrected chi connectivity index (χ0v) is 31.0. The Morgan fingerprint density at radius 1 is 0.579 bits per heavy atom. The van der Waals surface area contributed by atoms with E-state index in [2.05, 4.69) is 32.7 Å². The van der Waals surface area contributed by atoms with Crippen molar-refractivity contribution in [3.05, 3.63) is 133 Å². The highest BCUT2D eigenvalue weighted by atomic mass is 16.8. The topological polar surface area (TPSA) is 198 Å². The summed E-state index contributed by atoms with van der Waals surface area (Å²) < 4.78 is 43.6. The largest absolute Gasteiger partial charge is 0.517 e. The zero-order chi connectivity index (χ0) is 40.8. The first-order chi connectivity index (χ1) is 27.5. The monoisotopic (exact) mass is 789 g/mol. The van der Waals surface area contributed by atoms with Gasteiger partial charge in [-0.2, -0.15) is 0 Å². The minimum Gasteiger partial charge on any atom is -0.461 e. The summed E-state index contributed by atoms with van der Waals surface area (Å²) >= 11 is 0. The highest BCUT2D eigenvalue weighted by Crippen LogP contribution is 2.20. The SMILES string of the molecule is C=C1OC(=O)C(CCC(=O)OCc2ccccc2)O1.C=C1OC(=O)C(CCCCNC(=O)OCc2ccccc2)O1.O=C1OC(=O)C(COCc2ccccc2)O1. The van der Waals surface area contributed by atoms with Crippen molar-refractivity contribution in [2.45, 2.75) is 70.2 Å². The molecule has 3 atom stereocenters. The third kappa shape index (κ3) is 16.3. The Morgan fingerprint density at radius 2 is 1.07 bits per heavy atom. The maximum absolute atomic E-state index is 11.5. The van der Waals surface area contributed by atoms with Gasteiger partial charge < -0.3 is 47.9 Å². The predicted molar refractivity (Wildman–Crippen MR) is 197 cm³/mol. The minimum atomic E-state index is -0.960. The molecule has 16 heteroatoms. The molecular formula is C41H43NO15. The summed E-state index contributed by atoms with van der Waals surface area (Å²) in [7, 11) is 0. The molecule has 0 radical (unpaired) electrons. The number of esters is 4. The van der Waals surface area contributed by atoms with E-state index < -0.39 is 48.5 Å². The molecule has 0 spiro atoms. The molecule has 1 N–H and O–H groups in total. The summed E-state index contributed by atoms with van der Waals surface area (Å²) in [5.41, 5.74) is 2.84. The Morgan fingerprint density at radius 3 is 1.56 bits per heavy atom. The van der Waals surface area contributed by atoms with Crippen LogP contribution in [0.4, 0.5) is 9.59 Å². The van der Waals surface area contributed by atoms with E-state index in [-0.39, 0.29) is 50.5 Å². The molecule has 16 nitrogen and oxygen atoms in total. The van der Waals surface area contributed by atoms with Gasteiger partial charge >= 0.3 is 36.1 Å². The standard InChI is InChI=1S/C16H19NO5.C14H14O5.C11H10O5/c1-12-21-14(15(18)22-12)9-5-6-10-17-16(19)20-11-13-7-3-2-4-8-13;1-10-18-12(14(16)19-10)7-8-13(15)17-9-11-5-3-2-4-6-11;12-10-9(15-11(13)16-10)7-14-6-8-4-2-1-3-5-8/h2-4,7-8,14H,1,5-6,9-11H2,(H,17,19);2-6,12H,1,7-9H2;1-5,9H,6-7H2. The highest BCUT2D eigenvalue weighted by molar-refractivity contribution is 5.91. The van der Waals surface area contributed by atoms with E-state index in [1.54, 1.807) is 0 Å². The van der Waals surface area contributed by atoms with Gasteiger partial charge in [0.1, 0.15) is 13.2 Å². The van der Waals surface area contributed by atoms with E-state index in [1.807, 2.05) is 91.0 Å². The number of nitrogens with one attached hydrogen (secondary N) is 1. The molecule has 0 aliphatic carbocycles. The van der Waals surface area contributed by atoms with Gasteiger partial charge in [-0.05, 0) is 49.1 Å². The first kappa shape index (κ1) is 43.1. The van der Waals surface area contributed by atoms with Crippen LogP contribution >= 0.6 is 0 Å². The van der Waals surface area contributed by atoms with Crippen LogP contribution in [0.3, 0.4) is 0 Å². The number of alkyl carbamates (subject to hydrolysis) is 1. The molecule has 302 valence electrons. The molecule has 3 unspecified atom stereocenters. The van der Waals surface area contributed by atoms with Crippen molar-refractivity contribution >= 4 is 36.1 Å². The lowest BCUT2D eigenvalue weighted by atomic mass is 10.1. The molecule has 3 aromatic carbocycles. The fourth-order valence-electron chi connectivity index (χ4n) is 4.95. The molecule has 3 saturated heterocycles. The number of amides is 1. The van der Waals surface area contributed by atoms with Gasteiger partial charge in [0.25, 0.3) is 11.9 Å². The van der Waals surface area contributed by atoms with Crippen molar-refractivity contribution in [3.63, 3.8) is 0 Å². The lowest BCUT2D eigenvalue weighted by Crippen LogP contribution is -2.25. The van der Waals surface area contributed by atoms with Crippen molar-refractivity contribution < 1.29 is 71.4 Å². The molecular weight excluding hydrogens is 746 g/mol. The van der Waals surface area contributed by atoms with Crippen LogP contribution in [0.2, 0.25) is 0 Å². The fourth-order valence-corrected chi connectivity index (χ4v) is 4.95. The van der Waals surface area contributed by atoms with Gasteiger partial charge in [-0.15, -0.1) is 0 Å². The normalized spacial score (nSPS) is 17.9. The first-order valence-electron chi connectivity index (χ1n) is 17.9. The van der Waals surface area contributed by atoms with Gasteiger partial charge in [0.05, 0.1) is 13.2 Å². The number of unbranched alkanes of at least 4 members (excludes halogenated alkanes) is 1. The number of rotatable bonds is 16. The number of benzene rings is 3. The average molecular weight is 790 g/mol. The van der Waals surface area contributed by atoms with Crippen molar-refractivity contribution in [3.8, 4) is 0 Å². The molecule has 1 amide bonds. The predicted octanol–water partition coefficient (Wildman–Crippen LogP) is 5.68. The molecule has 0 bridgehead atoms. The molecule has 0 saturated carbocycles. The van der Waals surface area contributed by atoms with Crippen molar-refractivity contribution in [1.29, 1.82) is 0 Å². The van der Waals surface area contributed by atoms with Crippen molar-refractivity contribution in [2.75, 3.05) is 13.2 Å². The molecule has 6 rings (SSSR count). The van der Waals surface area contributed by atoms with Gasteiger partial charge in [-0.3, -0.25) is 4.79 Å². The highest BCUT2D eigenvalue weighted by Gasteiger charge is 2.35. The minimum absolute atomic E-state index is 0.0134. The quantitative estimate of drug-likeness (QED) is 0.0804. The van der Waals surface area contributed by atoms with Gasteiger partial charge in [-0.25, -0.2) is 24.0 Å². The summed E-state index contributed by atoms with van der Waals surface area (Å²) in [5, 5.41) is 2.66. The maximum atomic E-state index is 11.5. The summed E-state index contributed by atoms with van der Waals surface area (Å²) in [6.07, 6.45) is -1.35. The van der Waals surface area contributed by atoms with Crippen molar-refractivity contribution in [2.24, 2.45) is 0 Å². The number of carbonyl (C=O) groups excluding carboxylic acids is 6. The van der Waals surface area contributed by atoms with Gasteiger partial charge in [0.2, 0.25) is 6.10 Å². The Kier molecular flexibility index (Phi) is 17.6. The van der Waals surface area contributed by atoms with E-state index in [1.165, 1.54) is 0 Å². The average Bonchev–Trinajstić information content (AvgIpc) is 3.84. The number of carbonyl (C=O) groups is 6. The molecule has 3 aliphatic rings. The van der Waals surface area contributed by atoms with E-state index in [9.17, 15) is 28.8 Å². The van der Waals surface area contributed by atoms with Crippen LogP contribution in [0, 0.1) is 0 Å². The summed E-state index contributed by atoms with van der Waals surface area (Å²) in [6, 6.07) is 28.3. The first-order valence-corrected chi connectivity index (χ1v) is 17.9. The maximum Gasteiger partial charge on any atom is 0.517 e. The number of cyclic esters (lactones) is 5. The number of hydrogen-bond donors (Lipinski definition) is 1. The van der Waals surface area contributed by atoms with Crippen LogP contribution in [0.15, 0.2) is 116 Å². The summed E-state index contributed by atoms with van der Waals surface area (Å²) in [4.78, 5) is 67.0. The van der Waals surface area contributed by atoms with Gasteiger partial charge in [0.15, 0.2) is 12.2 Å². The van der Waals surface area contributed by atoms with E-state index in [4.69, 9.17) is 28.4 Å². The third-order valence-corrected chi connectivity index (χ3v) is 7.80. The van der Waals surface area contributed by atoms with Crippen LogP contribution in [-0.4, -0.2) is 67.6 Å². The fraction of sp³-hybridized carbons (Fsp3) is 0.317. The lowest BCUT2D eigenvalue weighted by molar-refractivity contribution is -0.146. The van der Waals surface area contributed by atoms with E-state index in [0.29, 0.717) is 19.6 Å². The molecule has 3 heterocycles. The van der Waals surface area contributed by atoms with Crippen LogP contribution in [0.5, 0.6) is 0 Å². The molecule has 3 fully saturated rings. The Balaban J connectivity index is 0.000000192. The summed E-state index contributed by atoms with van der Waals surface area (Å²) in [6.45, 7) is 8.14. The third-order valence-electron chi connectivity index (χ3n) is 7.80. The molecule has 3 aromatic rings. The van der Waals surface area contributed by atoms with Gasteiger partial charge in [-0.1, -0.05) is 91.0 Å². The van der Waals surface area contributed by atoms with E-state index >= 15 is 0 Å². The Bertz CT molecular complexity index is 1820. The second kappa shape index (κ2) is 23.3. The summed E-state index contributed by atoms with van der Waals surface area (Å²) in [5.74, 6) is -1.96.